The van der Waals surface area contributed by atoms with Gasteiger partial charge in [-0.15, -0.1) is 0 Å². The van der Waals surface area contributed by atoms with E-state index >= 15 is 0 Å². The topological polar surface area (TPSA) is 101 Å². The number of hydrogen-bond acceptors (Lipinski definition) is 4. The average Bonchev–Trinajstić information content (AvgIpc) is 2.73. The maximum absolute atomic E-state index is 13.3. The van der Waals surface area contributed by atoms with Crippen molar-refractivity contribution in [3.05, 3.63) is 59.1 Å². The first-order valence-electron chi connectivity index (χ1n) is 9.60. The Morgan fingerprint density at radius 3 is 2.17 bits per heavy atom. The van der Waals surface area contributed by atoms with Crippen LogP contribution in [0.15, 0.2) is 53.4 Å². The summed E-state index contributed by atoms with van der Waals surface area (Å²) < 4.78 is 27.8. The smallest absolute Gasteiger partial charge is 0.264 e. The predicted molar refractivity (Wildman–Crippen MR) is 116 cm³/mol. The number of nitrogens with zero attached hydrogens (tertiary/aromatic N) is 2. The monoisotopic (exact) mass is 449 g/mol. The molecule has 2 aromatic carbocycles. The molecule has 2 N–H and O–H groups in total. The van der Waals surface area contributed by atoms with E-state index in [2.05, 4.69) is 0 Å². The van der Waals surface area contributed by atoms with Crippen LogP contribution in [0.5, 0.6) is 0 Å². The highest BCUT2D eigenvalue weighted by Crippen LogP contribution is 2.26. The van der Waals surface area contributed by atoms with E-state index in [-0.39, 0.29) is 29.2 Å². The maximum Gasteiger partial charge on any atom is 0.264 e. The van der Waals surface area contributed by atoms with Crippen LogP contribution in [0.4, 0.5) is 5.69 Å². The third-order valence-corrected chi connectivity index (χ3v) is 7.29. The molecule has 0 unspecified atom stereocenters. The van der Waals surface area contributed by atoms with E-state index < -0.39 is 10.0 Å². The molecule has 1 aliphatic heterocycles. The third-order valence-electron chi connectivity index (χ3n) is 5.25. The summed E-state index contributed by atoms with van der Waals surface area (Å²) in [5.74, 6) is -0.940. The number of carbonyl (C=O) groups excluding carboxylic acids is 2. The molecule has 0 saturated carbocycles. The highest BCUT2D eigenvalue weighted by molar-refractivity contribution is 7.92. The fourth-order valence-electron chi connectivity index (χ4n) is 3.40. The Morgan fingerprint density at radius 1 is 1.07 bits per heavy atom. The van der Waals surface area contributed by atoms with E-state index in [0.29, 0.717) is 36.6 Å². The Hall–Kier alpha value is -2.58. The van der Waals surface area contributed by atoms with E-state index in [0.717, 1.165) is 9.87 Å². The van der Waals surface area contributed by atoms with Gasteiger partial charge in [-0.05, 0) is 56.2 Å². The number of aryl methyl sites for hydroxylation is 1. The van der Waals surface area contributed by atoms with Crippen LogP contribution in [0, 0.1) is 12.8 Å². The standard InChI is InChI=1S/C21H24ClN3O4S/c1-15-2-6-18(7-3-15)25(30(28,29)19-8-4-17(22)5-9-19)14-20(26)24-12-10-16(11-13-24)21(23)27/h2-9,16H,10-14H2,1H3,(H2,23,27). The van der Waals surface area contributed by atoms with Gasteiger partial charge in [0, 0.05) is 24.0 Å². The molecular formula is C21H24ClN3O4S. The lowest BCUT2D eigenvalue weighted by atomic mass is 9.96. The SMILES string of the molecule is Cc1ccc(N(CC(=O)N2CCC(C(N)=O)CC2)S(=O)(=O)c2ccc(Cl)cc2)cc1. The number of carbonyl (C=O) groups is 2. The molecule has 2 amide bonds. The van der Waals surface area contributed by atoms with E-state index in [9.17, 15) is 18.0 Å². The van der Waals surface area contributed by atoms with Crippen molar-refractivity contribution in [1.82, 2.24) is 4.90 Å². The number of anilines is 1. The van der Waals surface area contributed by atoms with E-state index in [4.69, 9.17) is 17.3 Å². The average molecular weight is 450 g/mol. The van der Waals surface area contributed by atoms with Crippen molar-refractivity contribution in [2.45, 2.75) is 24.7 Å². The van der Waals surface area contributed by atoms with Gasteiger partial charge in [0.05, 0.1) is 10.6 Å². The van der Waals surface area contributed by atoms with Crippen molar-refractivity contribution >= 4 is 39.1 Å². The fourth-order valence-corrected chi connectivity index (χ4v) is 4.94. The minimum Gasteiger partial charge on any atom is -0.369 e. The largest absolute Gasteiger partial charge is 0.369 e. The van der Waals surface area contributed by atoms with E-state index in [1.165, 1.54) is 24.3 Å². The molecule has 1 saturated heterocycles. The molecule has 1 heterocycles. The van der Waals surface area contributed by atoms with Gasteiger partial charge >= 0.3 is 0 Å². The van der Waals surface area contributed by atoms with Crippen LogP contribution >= 0.6 is 11.6 Å². The molecule has 0 aliphatic carbocycles. The third kappa shape index (κ3) is 4.94. The molecule has 160 valence electrons. The predicted octanol–water partition coefficient (Wildman–Crippen LogP) is 2.57. The Morgan fingerprint density at radius 2 is 1.63 bits per heavy atom. The summed E-state index contributed by atoms with van der Waals surface area (Å²) in [5.41, 5.74) is 6.72. The molecule has 0 aromatic heterocycles. The van der Waals surface area contributed by atoms with Gasteiger partial charge in [0.25, 0.3) is 10.0 Å². The summed E-state index contributed by atoms with van der Waals surface area (Å²) in [6, 6.07) is 12.8. The summed E-state index contributed by atoms with van der Waals surface area (Å²) in [6.45, 7) is 2.30. The van der Waals surface area contributed by atoms with E-state index in [1.54, 1.807) is 29.2 Å². The molecule has 1 aliphatic rings. The lowest BCUT2D eigenvalue weighted by Crippen LogP contribution is -2.47. The van der Waals surface area contributed by atoms with E-state index in [1.807, 2.05) is 6.92 Å². The minimum absolute atomic E-state index is 0.0488. The Balaban J connectivity index is 1.87. The molecule has 30 heavy (non-hydrogen) atoms. The first-order chi connectivity index (χ1) is 14.2. The molecule has 7 nitrogen and oxygen atoms in total. The second-order valence-electron chi connectivity index (χ2n) is 7.36. The fraction of sp³-hybridized carbons (Fsp3) is 0.333. The number of halogens is 1. The summed E-state index contributed by atoms with van der Waals surface area (Å²) in [6.07, 6.45) is 0.963. The zero-order chi connectivity index (χ0) is 21.9. The van der Waals surface area contributed by atoms with Crippen molar-refractivity contribution in [3.8, 4) is 0 Å². The molecule has 9 heteroatoms. The Labute approximate surface area is 181 Å². The Kier molecular flexibility index (Phi) is 6.67. The number of likely N-dealkylation sites (tertiary alicyclic amines) is 1. The molecule has 0 spiro atoms. The number of sulfonamides is 1. The summed E-state index contributed by atoms with van der Waals surface area (Å²) in [5, 5.41) is 0.421. The number of benzene rings is 2. The van der Waals surface area contributed by atoms with Crippen LogP contribution in [-0.4, -0.2) is 44.8 Å². The quantitative estimate of drug-likeness (QED) is 0.732. The highest BCUT2D eigenvalue weighted by atomic mass is 35.5. The second-order valence-corrected chi connectivity index (χ2v) is 9.66. The van der Waals surface area contributed by atoms with Crippen molar-refractivity contribution in [3.63, 3.8) is 0 Å². The van der Waals surface area contributed by atoms with Gasteiger partial charge in [-0.25, -0.2) is 8.42 Å². The number of primary amides is 1. The minimum atomic E-state index is -3.99. The molecule has 0 bridgehead atoms. The number of amides is 2. The van der Waals surface area contributed by atoms with Crippen molar-refractivity contribution < 1.29 is 18.0 Å². The molecule has 0 radical (unpaired) electrons. The van der Waals surface area contributed by atoms with Crippen LogP contribution in [-0.2, 0) is 19.6 Å². The molecule has 0 atom stereocenters. The first kappa shape index (κ1) is 22.1. The van der Waals surface area contributed by atoms with Gasteiger partial charge in [0.15, 0.2) is 0 Å². The number of piperidine rings is 1. The van der Waals surface area contributed by atoms with Crippen LogP contribution in [0.1, 0.15) is 18.4 Å². The second kappa shape index (κ2) is 9.06. The lowest BCUT2D eigenvalue weighted by Gasteiger charge is -2.33. The first-order valence-corrected chi connectivity index (χ1v) is 11.4. The molecule has 1 fully saturated rings. The van der Waals surface area contributed by atoms with Gasteiger partial charge < -0.3 is 10.6 Å². The molecule has 3 rings (SSSR count). The van der Waals surface area contributed by atoms with Crippen LogP contribution < -0.4 is 10.0 Å². The maximum atomic E-state index is 13.3. The molecular weight excluding hydrogens is 426 g/mol. The van der Waals surface area contributed by atoms with Crippen LogP contribution in [0.2, 0.25) is 5.02 Å². The summed E-state index contributed by atoms with van der Waals surface area (Å²) in [4.78, 5) is 25.9. The lowest BCUT2D eigenvalue weighted by molar-refractivity contribution is -0.133. The van der Waals surface area contributed by atoms with Gasteiger partial charge in [-0.1, -0.05) is 29.3 Å². The van der Waals surface area contributed by atoms with Gasteiger partial charge in [-0.3, -0.25) is 13.9 Å². The van der Waals surface area contributed by atoms with Gasteiger partial charge in [0.2, 0.25) is 11.8 Å². The van der Waals surface area contributed by atoms with Crippen LogP contribution in [0.3, 0.4) is 0 Å². The molecule has 2 aromatic rings. The van der Waals surface area contributed by atoms with Crippen molar-refractivity contribution in [2.75, 3.05) is 23.9 Å². The Bertz CT molecular complexity index is 1020. The summed E-state index contributed by atoms with van der Waals surface area (Å²) >= 11 is 5.89. The number of rotatable bonds is 6. The summed E-state index contributed by atoms with van der Waals surface area (Å²) in [7, 11) is -3.99. The van der Waals surface area contributed by atoms with Crippen molar-refractivity contribution in [2.24, 2.45) is 11.7 Å². The van der Waals surface area contributed by atoms with Crippen LogP contribution in [0.25, 0.3) is 0 Å². The normalized spacial score (nSPS) is 15.1. The number of nitrogens with two attached hydrogens (primary N) is 1. The number of hydrogen-bond donors (Lipinski definition) is 1. The van der Waals surface area contributed by atoms with Gasteiger partial charge in [0.1, 0.15) is 6.54 Å². The highest BCUT2D eigenvalue weighted by Gasteiger charge is 2.31. The van der Waals surface area contributed by atoms with Crippen molar-refractivity contribution in [1.29, 1.82) is 0 Å². The zero-order valence-corrected chi connectivity index (χ0v) is 18.2. The zero-order valence-electron chi connectivity index (χ0n) is 16.6. The van der Waals surface area contributed by atoms with Gasteiger partial charge in [-0.2, -0.15) is 0 Å².